The minimum atomic E-state index is -1.47. The minimum absolute atomic E-state index is 0. The number of rotatable bonds is 2. The van der Waals surface area contributed by atoms with Gasteiger partial charge in [-0.1, -0.05) is 24.3 Å². The van der Waals surface area contributed by atoms with E-state index in [-0.39, 0.29) is 38.6 Å². The quantitative estimate of drug-likeness (QED) is 0.858. The molecule has 0 heterocycles. The van der Waals surface area contributed by atoms with Gasteiger partial charge in [-0.3, -0.25) is 0 Å². The topological polar surface area (TPSA) is 37.3 Å². The molecule has 19 heavy (non-hydrogen) atoms. The van der Waals surface area contributed by atoms with Crippen LogP contribution in [0.4, 0.5) is 0 Å². The number of fused-ring (bicyclic) bond motifs is 1. The molecule has 0 aliphatic heterocycles. The summed E-state index contributed by atoms with van der Waals surface area (Å²) in [6.45, 7) is 0. The van der Waals surface area contributed by atoms with E-state index >= 15 is 0 Å². The van der Waals surface area contributed by atoms with E-state index in [4.69, 9.17) is 0 Å². The molecule has 2 aromatic rings. The van der Waals surface area contributed by atoms with E-state index in [1.807, 2.05) is 48.8 Å². The van der Waals surface area contributed by atoms with E-state index in [9.17, 15) is 9.90 Å². The first-order chi connectivity index (χ1) is 8.74. The van der Waals surface area contributed by atoms with Gasteiger partial charge in [0.15, 0.2) is 0 Å². The normalized spacial score (nSPS) is 24.4. The Morgan fingerprint density at radius 1 is 1.21 bits per heavy atom. The monoisotopic (exact) mass is 325 g/mol. The average molecular weight is 325 g/mol. The van der Waals surface area contributed by atoms with Crippen molar-refractivity contribution in [2.24, 2.45) is 0 Å². The van der Waals surface area contributed by atoms with Crippen LogP contribution in [0.3, 0.4) is 0 Å². The zero-order valence-corrected chi connectivity index (χ0v) is 13.2. The zero-order valence-electron chi connectivity index (χ0n) is 10.3. The molecular weight excluding hydrogens is 313 g/mol. The van der Waals surface area contributed by atoms with Crippen molar-refractivity contribution in [3.05, 3.63) is 71.3 Å². The van der Waals surface area contributed by atoms with Crippen LogP contribution in [0.5, 0.6) is 0 Å². The summed E-state index contributed by atoms with van der Waals surface area (Å²) in [6, 6.07) is 18.3. The summed E-state index contributed by atoms with van der Waals surface area (Å²) < 4.78 is 0. The van der Waals surface area contributed by atoms with Crippen LogP contribution in [0.1, 0.15) is 22.6 Å². The molecule has 0 amide bonds. The number of hydrogen-bond acceptors (Lipinski definition) is 2. The first-order valence-corrected chi connectivity index (χ1v) is 5.91. The molecule has 1 radical (unpaired) electrons. The second-order valence-corrected chi connectivity index (χ2v) is 4.65. The van der Waals surface area contributed by atoms with E-state index < -0.39 is 5.60 Å². The largest absolute Gasteiger partial charge is 0.539 e. The van der Waals surface area contributed by atoms with Gasteiger partial charge in [-0.25, -0.2) is 6.29 Å². The summed E-state index contributed by atoms with van der Waals surface area (Å²) in [4.78, 5) is 11.2. The van der Waals surface area contributed by atoms with E-state index in [1.54, 1.807) is 6.07 Å². The molecule has 2 aromatic carbocycles. The molecule has 1 aliphatic rings. The maximum Gasteiger partial charge on any atom is 0 e. The molecule has 2 nitrogen and oxygen atoms in total. The predicted octanol–water partition coefficient (Wildman–Crippen LogP) is 2.01. The summed E-state index contributed by atoms with van der Waals surface area (Å²) >= 11 is 0. The SMILES string of the molecule is O=[C-][C@@]1(O)Cc2ccccc2[C@H]1c1[c-]cccc1.[Y]. The van der Waals surface area contributed by atoms with Gasteiger partial charge in [0.1, 0.15) is 0 Å². The molecule has 0 saturated heterocycles. The van der Waals surface area contributed by atoms with Crippen LogP contribution in [0.15, 0.2) is 48.5 Å². The van der Waals surface area contributed by atoms with E-state index in [0.717, 1.165) is 16.7 Å². The van der Waals surface area contributed by atoms with Crippen molar-refractivity contribution in [1.29, 1.82) is 0 Å². The van der Waals surface area contributed by atoms with Gasteiger partial charge in [-0.2, -0.15) is 35.9 Å². The molecule has 0 spiro atoms. The van der Waals surface area contributed by atoms with Crippen molar-refractivity contribution in [2.75, 3.05) is 0 Å². The van der Waals surface area contributed by atoms with Crippen molar-refractivity contribution in [3.8, 4) is 0 Å². The Morgan fingerprint density at radius 3 is 2.63 bits per heavy atom. The van der Waals surface area contributed by atoms with Crippen LogP contribution in [-0.2, 0) is 43.9 Å². The summed E-state index contributed by atoms with van der Waals surface area (Å²) in [5, 5.41) is 10.5. The van der Waals surface area contributed by atoms with Crippen LogP contribution in [0.25, 0.3) is 0 Å². The summed E-state index contributed by atoms with van der Waals surface area (Å²) in [7, 11) is 0. The fourth-order valence-corrected chi connectivity index (χ4v) is 2.73. The van der Waals surface area contributed by atoms with E-state index in [1.165, 1.54) is 0 Å². The van der Waals surface area contributed by atoms with Gasteiger partial charge in [0.05, 0.1) is 0 Å². The van der Waals surface area contributed by atoms with Gasteiger partial charge < -0.3 is 9.90 Å². The fraction of sp³-hybridized carbons (Fsp3) is 0.188. The molecule has 0 saturated carbocycles. The third-order valence-corrected chi connectivity index (χ3v) is 3.52. The Bertz CT molecular complexity index is 582. The molecule has 3 rings (SSSR count). The second kappa shape index (κ2) is 5.66. The third-order valence-electron chi connectivity index (χ3n) is 3.52. The molecule has 2 atom stereocenters. The molecule has 0 unspecified atom stereocenters. The molecule has 1 N–H and O–H groups in total. The molecule has 0 aromatic heterocycles. The van der Waals surface area contributed by atoms with Crippen molar-refractivity contribution in [1.82, 2.24) is 0 Å². The maximum atomic E-state index is 11.2. The standard InChI is InChI=1S/C16H12O2.Y/c17-11-16(18)10-13-8-4-5-9-14(13)15(16)12-6-2-1-3-7-12;/h1-6,8-9,15,18H,10H2;/q-2;/t15-,16+;/m1./s1. The molecule has 93 valence electrons. The second-order valence-electron chi connectivity index (χ2n) is 4.65. The van der Waals surface area contributed by atoms with Crippen molar-refractivity contribution >= 4 is 6.29 Å². The van der Waals surface area contributed by atoms with Crippen LogP contribution in [-0.4, -0.2) is 17.0 Å². The summed E-state index contributed by atoms with van der Waals surface area (Å²) in [5.41, 5.74) is 1.35. The van der Waals surface area contributed by atoms with Crippen molar-refractivity contribution < 1.29 is 42.6 Å². The van der Waals surface area contributed by atoms with Crippen LogP contribution < -0.4 is 0 Å². The first-order valence-electron chi connectivity index (χ1n) is 5.91. The maximum absolute atomic E-state index is 11.2. The Kier molecular flexibility index (Phi) is 4.34. The van der Waals surface area contributed by atoms with Crippen LogP contribution in [0.2, 0.25) is 0 Å². The molecule has 0 fully saturated rings. The van der Waals surface area contributed by atoms with E-state index in [2.05, 4.69) is 6.07 Å². The average Bonchev–Trinajstić information content (AvgIpc) is 2.72. The third kappa shape index (κ3) is 2.45. The van der Waals surface area contributed by atoms with Gasteiger partial charge in [0, 0.05) is 32.7 Å². The van der Waals surface area contributed by atoms with Gasteiger partial charge >= 0.3 is 0 Å². The summed E-state index contributed by atoms with van der Waals surface area (Å²) in [5.74, 6) is -0.368. The van der Waals surface area contributed by atoms with Crippen LogP contribution in [0, 0.1) is 6.07 Å². The Morgan fingerprint density at radius 2 is 1.95 bits per heavy atom. The van der Waals surface area contributed by atoms with Gasteiger partial charge in [0.2, 0.25) is 0 Å². The molecule has 0 bridgehead atoms. The Labute approximate surface area is 137 Å². The number of carbonyl (C=O) groups excluding carboxylic acids is 1. The van der Waals surface area contributed by atoms with Crippen molar-refractivity contribution in [3.63, 3.8) is 0 Å². The zero-order chi connectivity index (χ0) is 12.6. The molecule has 1 aliphatic carbocycles. The Hall–Kier alpha value is -0.826. The molecular formula is C16H12O2Y-2. The fourth-order valence-electron chi connectivity index (χ4n) is 2.73. The predicted molar refractivity (Wildman–Crippen MR) is 67.9 cm³/mol. The van der Waals surface area contributed by atoms with Crippen LogP contribution >= 0.6 is 0 Å². The van der Waals surface area contributed by atoms with E-state index in [0.29, 0.717) is 6.42 Å². The number of aliphatic hydroxyl groups is 1. The van der Waals surface area contributed by atoms with Gasteiger partial charge in [-0.05, 0) is 29.1 Å². The number of hydrogen-bond donors (Lipinski definition) is 1. The Balaban J connectivity index is 0.00000133. The summed E-state index contributed by atoms with van der Waals surface area (Å²) in [6.07, 6.45) is 2.14. The van der Waals surface area contributed by atoms with Crippen molar-refractivity contribution in [2.45, 2.75) is 17.9 Å². The smallest absolute Gasteiger partial charge is 0 e. The number of benzene rings is 2. The first kappa shape index (κ1) is 14.6. The molecule has 3 heteroatoms. The van der Waals surface area contributed by atoms with Gasteiger partial charge in [-0.15, -0.1) is 0 Å². The minimum Gasteiger partial charge on any atom is -0.539 e. The van der Waals surface area contributed by atoms with Gasteiger partial charge in [0.25, 0.3) is 0 Å².